The predicted molar refractivity (Wildman–Crippen MR) is 153 cm³/mol. The number of aryl methyl sites for hydroxylation is 2. The van der Waals surface area contributed by atoms with Crippen LogP contribution in [-0.2, 0) is 6.54 Å². The molecule has 1 saturated carbocycles. The molecule has 2 fully saturated rings. The molecule has 38 heavy (non-hydrogen) atoms. The van der Waals surface area contributed by atoms with E-state index in [1.54, 1.807) is 23.5 Å². The summed E-state index contributed by atoms with van der Waals surface area (Å²) >= 11 is 1.98. The maximum atomic E-state index is 11.7. The van der Waals surface area contributed by atoms with E-state index in [1.165, 1.54) is 56.6 Å². The number of hydrogen-bond donors (Lipinski definition) is 2. The van der Waals surface area contributed by atoms with Crippen molar-refractivity contribution in [2.45, 2.75) is 71.9 Å². The second-order valence-electron chi connectivity index (χ2n) is 11.7. The third kappa shape index (κ3) is 3.53. The molecule has 0 spiro atoms. The fourth-order valence-electron chi connectivity index (χ4n) is 7.23. The first kappa shape index (κ1) is 23.9. The van der Waals surface area contributed by atoms with Gasteiger partial charge in [0.15, 0.2) is 5.65 Å². The smallest absolute Gasteiger partial charge is 0.248 e. The molecule has 1 saturated heterocycles. The van der Waals surface area contributed by atoms with Gasteiger partial charge in [0, 0.05) is 53.4 Å². The molecule has 1 aliphatic carbocycles. The summed E-state index contributed by atoms with van der Waals surface area (Å²) < 4.78 is 1.90. The Kier molecular flexibility index (Phi) is 5.43. The molecule has 2 bridgehead atoms. The maximum absolute atomic E-state index is 11.7. The Morgan fingerprint density at radius 1 is 1.16 bits per heavy atom. The first-order valence-corrected chi connectivity index (χ1v) is 14.5. The van der Waals surface area contributed by atoms with Crippen molar-refractivity contribution < 1.29 is 0 Å². The van der Waals surface area contributed by atoms with Crippen LogP contribution in [0.4, 0.5) is 0 Å². The summed E-state index contributed by atoms with van der Waals surface area (Å²) in [5, 5.41) is 5.86. The van der Waals surface area contributed by atoms with E-state index in [4.69, 9.17) is 0 Å². The predicted octanol–water partition coefficient (Wildman–Crippen LogP) is 6.05. The minimum Gasteiger partial charge on any atom is -0.346 e. The topological polar surface area (TPSA) is 82.1 Å². The molecule has 6 heterocycles. The van der Waals surface area contributed by atoms with E-state index in [0.717, 1.165) is 24.3 Å². The lowest BCUT2D eigenvalue weighted by Gasteiger charge is -2.31. The molecule has 0 radical (unpaired) electrons. The number of piperidine rings is 1. The Balaban J connectivity index is 1.23. The fourth-order valence-corrected chi connectivity index (χ4v) is 8.66. The van der Waals surface area contributed by atoms with E-state index >= 15 is 0 Å². The minimum atomic E-state index is -0.0131. The number of hydrogen-bond acceptors (Lipinski definition) is 5. The molecule has 2 aliphatic rings. The highest BCUT2D eigenvalue weighted by Crippen LogP contribution is 2.53. The van der Waals surface area contributed by atoms with E-state index in [2.05, 4.69) is 65.8 Å². The number of nitrogens with zero attached hydrogens (tertiary/aromatic N) is 4. The van der Waals surface area contributed by atoms with Crippen molar-refractivity contribution in [1.82, 2.24) is 29.5 Å². The van der Waals surface area contributed by atoms with Crippen LogP contribution >= 0.6 is 11.3 Å². The number of thiophene rings is 1. The van der Waals surface area contributed by atoms with E-state index in [-0.39, 0.29) is 5.56 Å². The normalized spacial score (nSPS) is 21.6. The van der Waals surface area contributed by atoms with E-state index < -0.39 is 0 Å². The second kappa shape index (κ2) is 8.64. The molecule has 8 heteroatoms. The standard InChI is InChI=1S/C30H34N6OS/c1-15(2)25-26-18(5)28(22-10-21-9-20(22)12-35(21)11-19-6-7-31-24(37)8-19)38-30(26)34-27(25)23-13-36-29(32-14-33-36)17(4)16(23)3/h6-8,13-15,20-22,34H,9-12H2,1-5H3,(H,31,37)/t20-,21-,22+/m0/s1. The van der Waals surface area contributed by atoms with Crippen molar-refractivity contribution in [2.24, 2.45) is 5.92 Å². The number of aromatic amines is 2. The molecule has 5 aromatic rings. The minimum absolute atomic E-state index is 0.0131. The van der Waals surface area contributed by atoms with Crippen LogP contribution in [0.5, 0.6) is 0 Å². The number of likely N-dealkylation sites (tertiary alicyclic amines) is 1. The van der Waals surface area contributed by atoms with Gasteiger partial charge in [-0.1, -0.05) is 13.8 Å². The van der Waals surface area contributed by atoms with Crippen molar-refractivity contribution in [2.75, 3.05) is 6.54 Å². The Bertz CT molecular complexity index is 1750. The van der Waals surface area contributed by atoms with Gasteiger partial charge in [0.25, 0.3) is 0 Å². The van der Waals surface area contributed by atoms with Crippen LogP contribution < -0.4 is 5.56 Å². The lowest BCUT2D eigenvalue weighted by molar-refractivity contribution is 0.192. The SMILES string of the molecule is Cc1c(-c2[nH]c3sc([C@@H]4C[C@@H]5C[C@H]4CN5Cc4cc[nH]c(=O)c4)c(C)c3c2C(C)C)cn2ncnc2c1C. The van der Waals surface area contributed by atoms with Gasteiger partial charge in [-0.25, -0.2) is 9.50 Å². The quantitative estimate of drug-likeness (QED) is 0.292. The highest BCUT2D eigenvalue weighted by atomic mass is 32.1. The van der Waals surface area contributed by atoms with Crippen LogP contribution in [-0.4, -0.2) is 42.1 Å². The number of rotatable bonds is 5. The molecule has 7 rings (SSSR count). The highest BCUT2D eigenvalue weighted by molar-refractivity contribution is 7.19. The van der Waals surface area contributed by atoms with E-state index in [9.17, 15) is 4.79 Å². The van der Waals surface area contributed by atoms with Crippen LogP contribution in [0.25, 0.3) is 27.1 Å². The van der Waals surface area contributed by atoms with Gasteiger partial charge in [0.05, 0.1) is 5.69 Å². The van der Waals surface area contributed by atoms with Gasteiger partial charge < -0.3 is 9.97 Å². The summed E-state index contributed by atoms with van der Waals surface area (Å²) in [6.07, 6.45) is 8.00. The number of pyridine rings is 2. The molecular formula is C30H34N6OS. The van der Waals surface area contributed by atoms with Gasteiger partial charge in [0.1, 0.15) is 11.2 Å². The molecule has 0 unspecified atom stereocenters. The van der Waals surface area contributed by atoms with Crippen molar-refractivity contribution in [3.05, 3.63) is 73.9 Å². The van der Waals surface area contributed by atoms with Crippen molar-refractivity contribution in [3.8, 4) is 11.3 Å². The average molecular weight is 527 g/mol. The number of nitrogens with one attached hydrogen (secondary N) is 2. The second-order valence-corrected chi connectivity index (χ2v) is 12.7. The number of fused-ring (bicyclic) bond motifs is 4. The summed E-state index contributed by atoms with van der Waals surface area (Å²) in [7, 11) is 0. The third-order valence-corrected chi connectivity index (χ3v) is 10.5. The van der Waals surface area contributed by atoms with Crippen molar-refractivity contribution in [1.29, 1.82) is 0 Å². The first-order chi connectivity index (χ1) is 18.3. The van der Waals surface area contributed by atoms with Crippen LogP contribution in [0.1, 0.15) is 71.2 Å². The van der Waals surface area contributed by atoms with Crippen LogP contribution in [0, 0.1) is 26.7 Å². The van der Waals surface area contributed by atoms with Gasteiger partial charge in [-0.15, -0.1) is 11.3 Å². The average Bonchev–Trinajstić information content (AvgIpc) is 3.68. The van der Waals surface area contributed by atoms with Crippen molar-refractivity contribution in [3.63, 3.8) is 0 Å². The van der Waals surface area contributed by atoms with Gasteiger partial charge >= 0.3 is 0 Å². The molecule has 3 atom stereocenters. The van der Waals surface area contributed by atoms with Crippen LogP contribution in [0.3, 0.4) is 0 Å². The van der Waals surface area contributed by atoms with E-state index in [1.807, 2.05) is 21.9 Å². The lowest BCUT2D eigenvalue weighted by Crippen LogP contribution is -2.34. The Morgan fingerprint density at radius 3 is 2.74 bits per heavy atom. The molecule has 2 N–H and O–H groups in total. The molecular weight excluding hydrogens is 492 g/mol. The molecule has 0 amide bonds. The van der Waals surface area contributed by atoms with Gasteiger partial charge in [-0.05, 0) is 85.3 Å². The van der Waals surface area contributed by atoms with Gasteiger partial charge in [0.2, 0.25) is 5.56 Å². The Labute approximate surface area is 225 Å². The van der Waals surface area contributed by atoms with Gasteiger partial charge in [-0.3, -0.25) is 9.69 Å². The molecule has 196 valence electrons. The maximum Gasteiger partial charge on any atom is 0.248 e. The van der Waals surface area contributed by atoms with Crippen molar-refractivity contribution >= 4 is 27.2 Å². The monoisotopic (exact) mass is 526 g/mol. The summed E-state index contributed by atoms with van der Waals surface area (Å²) in [6.45, 7) is 13.3. The molecule has 0 aromatic carbocycles. The van der Waals surface area contributed by atoms with Crippen LogP contribution in [0.2, 0.25) is 0 Å². The summed E-state index contributed by atoms with van der Waals surface area (Å²) in [5.41, 5.74) is 9.78. The summed E-state index contributed by atoms with van der Waals surface area (Å²) in [4.78, 5) is 28.3. The Morgan fingerprint density at radius 2 is 2.00 bits per heavy atom. The number of aromatic nitrogens is 5. The largest absolute Gasteiger partial charge is 0.346 e. The highest BCUT2D eigenvalue weighted by Gasteiger charge is 2.46. The summed E-state index contributed by atoms with van der Waals surface area (Å²) in [5.74, 6) is 1.71. The zero-order valence-corrected chi connectivity index (χ0v) is 23.4. The number of H-pyrrole nitrogens is 2. The van der Waals surface area contributed by atoms with Gasteiger partial charge in [-0.2, -0.15) is 5.10 Å². The molecule has 1 aliphatic heterocycles. The van der Waals surface area contributed by atoms with Crippen LogP contribution in [0.15, 0.2) is 35.6 Å². The fraction of sp³-hybridized carbons (Fsp3) is 0.433. The molecule has 5 aromatic heterocycles. The zero-order chi connectivity index (χ0) is 26.3. The zero-order valence-electron chi connectivity index (χ0n) is 22.6. The van der Waals surface area contributed by atoms with E-state index in [0.29, 0.717) is 23.8 Å². The molecule has 7 nitrogen and oxygen atoms in total. The Hall–Kier alpha value is -3.23. The third-order valence-electron chi connectivity index (χ3n) is 9.15. The lowest BCUT2D eigenvalue weighted by atomic mass is 9.88. The summed E-state index contributed by atoms with van der Waals surface area (Å²) in [6, 6.07) is 4.38. The first-order valence-electron chi connectivity index (χ1n) is 13.7.